The van der Waals surface area contributed by atoms with Crippen LogP contribution in [0.4, 0.5) is 10.5 Å². The van der Waals surface area contributed by atoms with E-state index < -0.39 is 0 Å². The largest absolute Gasteiger partial charge is 0.335 e. The van der Waals surface area contributed by atoms with Gasteiger partial charge in [-0.1, -0.05) is 47.5 Å². The number of hydrogen-bond acceptors (Lipinski definition) is 1. The van der Waals surface area contributed by atoms with Gasteiger partial charge in [-0.2, -0.15) is 0 Å². The number of hydrogen-bond donors (Lipinski definition) is 2. The summed E-state index contributed by atoms with van der Waals surface area (Å²) in [4.78, 5) is 12.1. The summed E-state index contributed by atoms with van der Waals surface area (Å²) in [5, 5.41) is 6.70. The summed E-state index contributed by atoms with van der Waals surface area (Å²) in [6.45, 7) is 0. The van der Waals surface area contributed by atoms with E-state index in [0.717, 1.165) is 19.3 Å². The summed E-state index contributed by atoms with van der Waals surface area (Å²) in [6, 6.07) is 13.3. The molecule has 3 rings (SSSR count). The predicted molar refractivity (Wildman–Crippen MR) is 90.9 cm³/mol. The Bertz CT molecular complexity index is 703. The van der Waals surface area contributed by atoms with Crippen LogP contribution in [0, 0.1) is 0 Å². The number of amides is 2. The molecule has 22 heavy (non-hydrogen) atoms. The molecule has 2 aromatic carbocycles. The highest BCUT2D eigenvalue weighted by molar-refractivity contribution is 6.42. The lowest BCUT2D eigenvalue weighted by Crippen LogP contribution is -2.41. The average Bonchev–Trinajstić information content (AvgIpc) is 2.51. The molecule has 2 amide bonds. The maximum absolute atomic E-state index is 12.1. The smallest absolute Gasteiger partial charge is 0.319 e. The summed E-state index contributed by atoms with van der Waals surface area (Å²) >= 11 is 11.8. The molecule has 3 nitrogen and oxygen atoms in total. The number of urea groups is 1. The van der Waals surface area contributed by atoms with Crippen molar-refractivity contribution >= 4 is 34.9 Å². The number of anilines is 1. The number of rotatable bonds is 2. The summed E-state index contributed by atoms with van der Waals surface area (Å²) in [6.07, 6.45) is 2.81. The zero-order valence-corrected chi connectivity index (χ0v) is 13.4. The molecule has 114 valence electrons. The quantitative estimate of drug-likeness (QED) is 0.822. The Morgan fingerprint density at radius 2 is 1.82 bits per heavy atom. The number of carbonyl (C=O) groups is 1. The van der Waals surface area contributed by atoms with Crippen molar-refractivity contribution in [2.45, 2.75) is 25.3 Å². The Morgan fingerprint density at radius 3 is 2.59 bits per heavy atom. The molecule has 5 heteroatoms. The third-order valence-electron chi connectivity index (χ3n) is 3.86. The first kappa shape index (κ1) is 15.2. The van der Waals surface area contributed by atoms with Crippen LogP contribution >= 0.6 is 23.2 Å². The molecule has 0 aliphatic heterocycles. The van der Waals surface area contributed by atoms with E-state index in [1.54, 1.807) is 18.2 Å². The Balaban J connectivity index is 1.59. The van der Waals surface area contributed by atoms with Gasteiger partial charge in [0.2, 0.25) is 0 Å². The minimum Gasteiger partial charge on any atom is -0.335 e. The first-order valence-corrected chi connectivity index (χ1v) is 7.97. The molecule has 0 fully saturated rings. The van der Waals surface area contributed by atoms with Crippen LogP contribution in [0.2, 0.25) is 10.0 Å². The molecule has 0 bridgehead atoms. The van der Waals surface area contributed by atoms with Gasteiger partial charge in [-0.3, -0.25) is 0 Å². The minimum atomic E-state index is -0.220. The molecule has 0 heterocycles. The number of nitrogens with one attached hydrogen (secondary N) is 2. The van der Waals surface area contributed by atoms with E-state index in [-0.39, 0.29) is 12.1 Å². The summed E-state index contributed by atoms with van der Waals surface area (Å²) in [7, 11) is 0. The molecule has 1 aliphatic rings. The molecule has 1 aliphatic carbocycles. The summed E-state index contributed by atoms with van der Waals surface area (Å²) < 4.78 is 0. The predicted octanol–water partition coefficient (Wildman–Crippen LogP) is 4.67. The van der Waals surface area contributed by atoms with E-state index >= 15 is 0 Å². The van der Waals surface area contributed by atoms with Crippen molar-refractivity contribution < 1.29 is 4.79 Å². The summed E-state index contributed by atoms with van der Waals surface area (Å²) in [5.74, 6) is 0. The van der Waals surface area contributed by atoms with Crippen LogP contribution in [0.25, 0.3) is 0 Å². The average molecular weight is 335 g/mol. The Kier molecular flexibility index (Phi) is 4.55. The standard InChI is InChI=1S/C17H16Cl2N2O/c18-15-8-7-14(10-16(15)19)21-17(22)20-13-6-5-11-3-1-2-4-12(11)9-13/h1-4,7-8,10,13H,5-6,9H2,(H2,20,21,22). The van der Waals surface area contributed by atoms with E-state index in [4.69, 9.17) is 23.2 Å². The van der Waals surface area contributed by atoms with Gasteiger partial charge in [0.05, 0.1) is 10.0 Å². The monoisotopic (exact) mass is 334 g/mol. The molecule has 2 aromatic rings. The lowest BCUT2D eigenvalue weighted by Gasteiger charge is -2.25. The second kappa shape index (κ2) is 6.59. The molecule has 2 N–H and O–H groups in total. The summed E-state index contributed by atoms with van der Waals surface area (Å²) in [5.41, 5.74) is 3.32. The van der Waals surface area contributed by atoms with E-state index in [0.29, 0.717) is 15.7 Å². The molecule has 0 aromatic heterocycles. The fraction of sp³-hybridized carbons (Fsp3) is 0.235. The zero-order chi connectivity index (χ0) is 15.5. The lowest BCUT2D eigenvalue weighted by molar-refractivity contribution is 0.247. The van der Waals surface area contributed by atoms with Gasteiger partial charge in [0.25, 0.3) is 0 Å². The van der Waals surface area contributed by atoms with E-state index in [2.05, 4.69) is 28.8 Å². The van der Waals surface area contributed by atoms with Gasteiger partial charge in [-0.25, -0.2) is 4.79 Å². The SMILES string of the molecule is O=C(Nc1ccc(Cl)c(Cl)c1)NC1CCc2ccccc2C1. The van der Waals surface area contributed by atoms with Gasteiger partial charge < -0.3 is 10.6 Å². The van der Waals surface area contributed by atoms with Gasteiger partial charge >= 0.3 is 6.03 Å². The number of carbonyl (C=O) groups excluding carboxylic acids is 1. The first-order valence-electron chi connectivity index (χ1n) is 7.21. The highest BCUT2D eigenvalue weighted by atomic mass is 35.5. The molecule has 0 radical (unpaired) electrons. The van der Waals surface area contributed by atoms with Crippen LogP contribution in [0.15, 0.2) is 42.5 Å². The van der Waals surface area contributed by atoms with Crippen LogP contribution in [0.3, 0.4) is 0 Å². The molecule has 0 spiro atoms. The van der Waals surface area contributed by atoms with E-state index in [1.807, 2.05) is 6.07 Å². The maximum Gasteiger partial charge on any atom is 0.319 e. The lowest BCUT2D eigenvalue weighted by atomic mass is 9.88. The van der Waals surface area contributed by atoms with Gasteiger partial charge in [-0.05, 0) is 48.6 Å². The fourth-order valence-electron chi connectivity index (χ4n) is 2.75. The van der Waals surface area contributed by atoms with Gasteiger partial charge in [0, 0.05) is 11.7 Å². The van der Waals surface area contributed by atoms with Crippen molar-refractivity contribution in [3.05, 3.63) is 63.6 Å². The molecule has 1 unspecified atom stereocenters. The van der Waals surface area contributed by atoms with Crippen molar-refractivity contribution in [1.82, 2.24) is 5.32 Å². The van der Waals surface area contributed by atoms with Gasteiger partial charge in [-0.15, -0.1) is 0 Å². The molecular weight excluding hydrogens is 319 g/mol. The second-order valence-electron chi connectivity index (χ2n) is 5.44. The zero-order valence-electron chi connectivity index (χ0n) is 11.9. The van der Waals surface area contributed by atoms with Gasteiger partial charge in [0.15, 0.2) is 0 Å². The van der Waals surface area contributed by atoms with Crippen LogP contribution in [0.1, 0.15) is 17.5 Å². The Morgan fingerprint density at radius 1 is 1.05 bits per heavy atom. The third-order valence-corrected chi connectivity index (χ3v) is 4.60. The normalized spacial score (nSPS) is 16.7. The molecule has 0 saturated heterocycles. The third kappa shape index (κ3) is 3.54. The van der Waals surface area contributed by atoms with Crippen LogP contribution in [-0.2, 0) is 12.8 Å². The Hall–Kier alpha value is -1.71. The van der Waals surface area contributed by atoms with Crippen molar-refractivity contribution in [1.29, 1.82) is 0 Å². The van der Waals surface area contributed by atoms with Crippen molar-refractivity contribution in [2.24, 2.45) is 0 Å². The van der Waals surface area contributed by atoms with Crippen molar-refractivity contribution in [2.75, 3.05) is 5.32 Å². The van der Waals surface area contributed by atoms with Crippen molar-refractivity contribution in [3.8, 4) is 0 Å². The topological polar surface area (TPSA) is 41.1 Å². The number of benzene rings is 2. The molecule has 0 saturated carbocycles. The number of fused-ring (bicyclic) bond motifs is 1. The van der Waals surface area contributed by atoms with Crippen LogP contribution in [-0.4, -0.2) is 12.1 Å². The Labute approximate surface area is 139 Å². The first-order chi connectivity index (χ1) is 10.6. The molecular formula is C17H16Cl2N2O. The maximum atomic E-state index is 12.1. The van der Waals surface area contributed by atoms with Crippen LogP contribution in [0.5, 0.6) is 0 Å². The second-order valence-corrected chi connectivity index (χ2v) is 6.25. The number of aryl methyl sites for hydroxylation is 1. The van der Waals surface area contributed by atoms with Gasteiger partial charge in [0.1, 0.15) is 0 Å². The fourth-order valence-corrected chi connectivity index (χ4v) is 3.05. The van der Waals surface area contributed by atoms with Crippen molar-refractivity contribution in [3.63, 3.8) is 0 Å². The number of halogens is 2. The highest BCUT2D eigenvalue weighted by Gasteiger charge is 2.19. The molecule has 1 atom stereocenters. The highest BCUT2D eigenvalue weighted by Crippen LogP contribution is 2.25. The van der Waals surface area contributed by atoms with E-state index in [9.17, 15) is 4.79 Å². The van der Waals surface area contributed by atoms with Crippen LogP contribution < -0.4 is 10.6 Å². The van der Waals surface area contributed by atoms with E-state index in [1.165, 1.54) is 11.1 Å². The minimum absolute atomic E-state index is 0.151.